The number of ether oxygens (including phenoxy) is 8. The van der Waals surface area contributed by atoms with Crippen molar-refractivity contribution in [3.63, 3.8) is 0 Å². The molecule has 3 aliphatic rings. The Bertz CT molecular complexity index is 2220. The van der Waals surface area contributed by atoms with Crippen LogP contribution in [0, 0.1) is 0 Å². The molecule has 3 rings (SSSR count). The summed E-state index contributed by atoms with van der Waals surface area (Å²) in [6, 6.07) is 0. The Morgan fingerprint density at radius 2 is 0.655 bits per heavy atom. The third-order valence-corrected chi connectivity index (χ3v) is 12.0. The van der Waals surface area contributed by atoms with Gasteiger partial charge in [-0.25, -0.2) is 0 Å². The van der Waals surface area contributed by atoms with Crippen LogP contribution < -0.4 is 10.6 Å². The minimum atomic E-state index is -2.87. The number of fused-ring (bicyclic) bond motifs is 26. The highest BCUT2D eigenvalue weighted by atomic mass is 16.7. The fraction of sp³-hybridized carbons (Fsp3) is 0.681. The molecule has 17 atom stereocenters. The predicted molar refractivity (Wildman–Crippen MR) is 271 cm³/mol. The van der Waals surface area contributed by atoms with E-state index in [1.54, 1.807) is 0 Å². The standard InChI is InChI=1S/C47H78N2O35/c1-2-25(56)49-11-10-48-9-3-18-26(57)33(64)41(71)77-19(4-12-50)27(58)34(65)42(72)78-20(5-13-51)28(59)35(66)43(73)79-21(6-14-52)29(60)36(67)44(74)80-22(7-15-53)30(61)37(68)45(75)81-23(8-16-54)31(62)38(69)46(76)84-40-24(17-55)83-47(82-18)39(70)32(40)63/h2,18-24,32,39-48,50-55,57-76H,1,3-17H2,(H,49,56)/b33-26+,34-27+,35-28-,36-29+,37-30+,38-31+. The zero-order valence-corrected chi connectivity index (χ0v) is 44.5. The van der Waals surface area contributed by atoms with Crippen LogP contribution in [0.2, 0.25) is 0 Å². The van der Waals surface area contributed by atoms with Crippen molar-refractivity contribution in [2.24, 2.45) is 0 Å². The molecule has 1 saturated heterocycles. The summed E-state index contributed by atoms with van der Waals surface area (Å²) in [7, 11) is 0. The van der Waals surface area contributed by atoms with Crippen molar-refractivity contribution in [3.05, 3.63) is 81.8 Å². The molecule has 17 unspecified atom stereocenters. The van der Waals surface area contributed by atoms with Gasteiger partial charge in [-0.3, -0.25) is 4.79 Å². The number of aliphatic hydroxyl groups excluding tert-OH is 26. The molecule has 84 heavy (non-hydrogen) atoms. The van der Waals surface area contributed by atoms with Crippen LogP contribution in [-0.2, 0) is 42.7 Å². The number of amides is 1. The van der Waals surface area contributed by atoms with Gasteiger partial charge in [-0.2, -0.15) is 0 Å². The largest absolute Gasteiger partial charge is 0.506 e. The van der Waals surface area contributed by atoms with E-state index in [0.717, 1.165) is 6.08 Å². The maximum atomic E-state index is 11.6. The fourth-order valence-electron chi connectivity index (χ4n) is 7.46. The Kier molecular flexibility index (Phi) is 32.8. The zero-order valence-electron chi connectivity index (χ0n) is 44.5. The maximum absolute atomic E-state index is 11.6. The molecule has 0 aromatic carbocycles. The van der Waals surface area contributed by atoms with E-state index in [0.29, 0.717) is 0 Å². The van der Waals surface area contributed by atoms with E-state index in [1.807, 2.05) is 0 Å². The Morgan fingerprint density at radius 3 is 0.929 bits per heavy atom. The van der Waals surface area contributed by atoms with E-state index in [2.05, 4.69) is 17.2 Å². The molecular weight excluding hydrogens is 1150 g/mol. The number of carbonyl (C=O) groups is 1. The van der Waals surface area contributed by atoms with Gasteiger partial charge in [0.15, 0.2) is 75.4 Å². The van der Waals surface area contributed by atoms with Gasteiger partial charge < -0.3 is 181 Å². The van der Waals surface area contributed by atoms with Gasteiger partial charge >= 0.3 is 0 Å². The zero-order chi connectivity index (χ0) is 63.7. The molecule has 486 valence electrons. The summed E-state index contributed by atoms with van der Waals surface area (Å²) in [6.07, 6.45) is -45.1. The second-order valence-corrected chi connectivity index (χ2v) is 17.9. The minimum absolute atomic E-state index is 0.00232. The summed E-state index contributed by atoms with van der Waals surface area (Å²) >= 11 is 0. The third-order valence-electron chi connectivity index (χ3n) is 12.0. The molecule has 3 aliphatic heterocycles. The molecule has 0 aromatic heterocycles. The van der Waals surface area contributed by atoms with Gasteiger partial charge in [0.1, 0.15) is 61.0 Å². The lowest BCUT2D eigenvalue weighted by atomic mass is 9.98. The highest BCUT2D eigenvalue weighted by Gasteiger charge is 2.48. The Labute approximate surface area is 476 Å². The summed E-state index contributed by atoms with van der Waals surface area (Å²) in [5.74, 6) is -19.6. The average molecular weight is 1230 g/mol. The number of hydrogen-bond donors (Lipinski definition) is 28. The Balaban J connectivity index is 2.90. The molecule has 37 nitrogen and oxygen atoms in total. The maximum Gasteiger partial charge on any atom is 0.243 e. The molecule has 28 N–H and O–H groups in total. The number of nitrogens with one attached hydrogen (secondary N) is 2. The van der Waals surface area contributed by atoms with E-state index >= 15 is 0 Å². The first-order valence-electron chi connectivity index (χ1n) is 25.3. The number of rotatable bonds is 18. The smallest absolute Gasteiger partial charge is 0.243 e. The SMILES string of the molecule is C=CC(=O)NCCNCCC1OC2OC(CO)C(OC(O)/C(O)=C(\O)C(CCO)OC(O)/C(O)=C(\O)C(CCO)OC(O)/C(O)=C(\O)C(CCO)OC(O)/C(O)=C(/O)C(CCO)OC(O)/C(O)=C(\O)C(CCO)OC(O)/C(O)=C/1O)C(O)C2O. The van der Waals surface area contributed by atoms with Crippen molar-refractivity contribution in [1.29, 1.82) is 0 Å². The summed E-state index contributed by atoms with van der Waals surface area (Å²) in [5, 5.41) is 282. The van der Waals surface area contributed by atoms with Gasteiger partial charge in [-0.05, 0) is 19.0 Å². The highest BCUT2D eigenvalue weighted by Crippen LogP contribution is 2.31. The Hall–Kier alpha value is -5.67. The van der Waals surface area contributed by atoms with Crippen molar-refractivity contribution in [3.8, 4) is 0 Å². The second kappa shape index (κ2) is 37.0. The van der Waals surface area contributed by atoms with E-state index in [1.165, 1.54) is 0 Å². The molecule has 3 heterocycles. The van der Waals surface area contributed by atoms with Gasteiger partial charge in [-0.15, -0.1) is 0 Å². The molecule has 0 aromatic rings. The number of aliphatic hydroxyl groups is 26. The van der Waals surface area contributed by atoms with Crippen LogP contribution in [0.5, 0.6) is 0 Å². The number of carbonyl (C=O) groups excluding carboxylic acids is 1. The first-order valence-corrected chi connectivity index (χ1v) is 25.3. The third kappa shape index (κ3) is 21.4. The van der Waals surface area contributed by atoms with Crippen molar-refractivity contribution >= 4 is 5.91 Å². The van der Waals surface area contributed by atoms with Gasteiger partial charge in [0.2, 0.25) is 43.6 Å². The van der Waals surface area contributed by atoms with Crippen molar-refractivity contribution in [2.45, 2.75) is 144 Å². The van der Waals surface area contributed by atoms with Crippen LogP contribution >= 0.6 is 0 Å². The average Bonchev–Trinajstić information content (AvgIpc) is 3.47. The van der Waals surface area contributed by atoms with E-state index < -0.39 is 258 Å². The van der Waals surface area contributed by atoms with Crippen LogP contribution in [0.1, 0.15) is 38.5 Å². The van der Waals surface area contributed by atoms with Crippen LogP contribution in [0.4, 0.5) is 0 Å². The van der Waals surface area contributed by atoms with Crippen LogP contribution in [0.3, 0.4) is 0 Å². The molecule has 1 fully saturated rings. The van der Waals surface area contributed by atoms with Crippen molar-refractivity contribution < 1.29 is 175 Å². The molecule has 37 heteroatoms. The van der Waals surface area contributed by atoms with Crippen LogP contribution in [-0.4, -0.2) is 303 Å². The van der Waals surface area contributed by atoms with Crippen LogP contribution in [0.25, 0.3) is 0 Å². The first kappa shape index (κ1) is 74.4. The fourth-order valence-corrected chi connectivity index (χ4v) is 7.46. The van der Waals surface area contributed by atoms with Crippen molar-refractivity contribution in [2.75, 3.05) is 59.3 Å². The summed E-state index contributed by atoms with van der Waals surface area (Å²) in [6.45, 7) is -3.07. The van der Waals surface area contributed by atoms with Gasteiger partial charge in [0, 0.05) is 78.2 Å². The molecule has 0 radical (unpaired) electrons. The van der Waals surface area contributed by atoms with E-state index in [-0.39, 0.29) is 19.6 Å². The molecule has 0 saturated carbocycles. The first-order chi connectivity index (χ1) is 39.6. The minimum Gasteiger partial charge on any atom is -0.506 e. The molecule has 0 aliphatic carbocycles. The topological polar surface area (TPSA) is 641 Å². The van der Waals surface area contributed by atoms with Gasteiger partial charge in [-0.1, -0.05) is 6.58 Å². The predicted octanol–water partition coefficient (Wildman–Crippen LogP) is -5.79. The molecule has 2 bridgehead atoms. The highest BCUT2D eigenvalue weighted by molar-refractivity contribution is 5.86. The van der Waals surface area contributed by atoms with E-state index in [4.69, 9.17) is 37.9 Å². The van der Waals surface area contributed by atoms with Gasteiger partial charge in [0.25, 0.3) is 0 Å². The normalized spacial score (nSPS) is 38.0. The second-order valence-electron chi connectivity index (χ2n) is 17.9. The summed E-state index contributed by atoms with van der Waals surface area (Å²) < 4.78 is 41.8. The van der Waals surface area contributed by atoms with E-state index in [9.17, 15) is 138 Å². The lowest BCUT2D eigenvalue weighted by Gasteiger charge is -2.43. The lowest BCUT2D eigenvalue weighted by molar-refractivity contribution is -0.329. The number of hydrogen-bond acceptors (Lipinski definition) is 36. The summed E-state index contributed by atoms with van der Waals surface area (Å²) in [5.41, 5.74) is 0. The van der Waals surface area contributed by atoms with Crippen molar-refractivity contribution in [1.82, 2.24) is 10.6 Å². The Morgan fingerprint density at radius 1 is 0.369 bits per heavy atom. The lowest BCUT2D eigenvalue weighted by Crippen LogP contribution is -2.61. The van der Waals surface area contributed by atoms with Gasteiger partial charge in [0.05, 0.1) is 6.61 Å². The quantitative estimate of drug-likeness (QED) is 0.0449. The molecule has 0 spiro atoms. The molecular formula is C47H78N2O35. The summed E-state index contributed by atoms with van der Waals surface area (Å²) in [4.78, 5) is 11.6. The van der Waals surface area contributed by atoms with Crippen LogP contribution in [0.15, 0.2) is 81.8 Å². The monoisotopic (exact) mass is 1230 g/mol. The molecule has 1 amide bonds.